The summed E-state index contributed by atoms with van der Waals surface area (Å²) in [6.07, 6.45) is 1.09. The van der Waals surface area contributed by atoms with Crippen LogP contribution >= 0.6 is 0 Å². The summed E-state index contributed by atoms with van der Waals surface area (Å²) < 4.78 is 39.1. The summed E-state index contributed by atoms with van der Waals surface area (Å²) in [6, 6.07) is 11.6. The van der Waals surface area contributed by atoms with E-state index >= 15 is 0 Å². The minimum atomic E-state index is -3.31. The van der Waals surface area contributed by atoms with Gasteiger partial charge >= 0.3 is 11.6 Å². The molecule has 2 aromatic rings. The maximum Gasteiger partial charge on any atom is 0.335 e. The first-order chi connectivity index (χ1) is 9.40. The van der Waals surface area contributed by atoms with Gasteiger partial charge in [0, 0.05) is 11.8 Å². The summed E-state index contributed by atoms with van der Waals surface area (Å²) in [5, 5.41) is 0.0526. The Bertz CT molecular complexity index is 728. The molecule has 0 bridgehead atoms. The lowest BCUT2D eigenvalue weighted by Crippen LogP contribution is -2.03. The Labute approximate surface area is 119 Å². The lowest BCUT2D eigenvalue weighted by molar-refractivity contribution is 0.103. The fraction of sp³-hybridized carbons (Fsp3) is 0.0833. The van der Waals surface area contributed by atoms with Crippen molar-refractivity contribution in [2.45, 2.75) is 5.03 Å². The van der Waals surface area contributed by atoms with Crippen molar-refractivity contribution in [2.24, 2.45) is 0 Å². The molecule has 0 saturated heterocycles. The van der Waals surface area contributed by atoms with Crippen molar-refractivity contribution >= 4 is 27.2 Å². The van der Waals surface area contributed by atoms with Crippen molar-refractivity contribution in [1.82, 2.24) is 4.98 Å². The fourth-order valence-corrected chi connectivity index (χ4v) is 2.08. The average molecular weight is 313 g/mol. The van der Waals surface area contributed by atoms with Crippen molar-refractivity contribution in [1.29, 1.82) is 0 Å². The lowest BCUT2D eigenvalue weighted by Gasteiger charge is -1.97. The van der Waals surface area contributed by atoms with Crippen molar-refractivity contribution in [3.63, 3.8) is 0 Å². The third-order valence-corrected chi connectivity index (χ3v) is 3.38. The van der Waals surface area contributed by atoms with Crippen LogP contribution in [0, 0.1) is 0 Å². The first kappa shape index (κ1) is 16.0. The topological polar surface area (TPSA) is 101 Å². The van der Waals surface area contributed by atoms with Crippen LogP contribution in [0.4, 0.5) is 0 Å². The van der Waals surface area contributed by atoms with Gasteiger partial charge in [-0.25, -0.2) is 8.42 Å². The molecule has 0 saturated carbocycles. The van der Waals surface area contributed by atoms with Gasteiger partial charge in [-0.05, 0) is 12.1 Å². The van der Waals surface area contributed by atoms with E-state index in [-0.39, 0.29) is 16.5 Å². The van der Waals surface area contributed by atoms with Crippen LogP contribution in [0.1, 0.15) is 16.1 Å². The molecular formula is C12H11NO5S2. The Balaban J connectivity index is 0.000000612. The number of aromatic nitrogens is 1. The quantitative estimate of drug-likeness (QED) is 0.851. The second-order valence-electron chi connectivity index (χ2n) is 3.77. The fourth-order valence-electron chi connectivity index (χ4n) is 1.47. The third-order valence-electron chi connectivity index (χ3n) is 2.34. The standard InChI is InChI=1S/C12H11NO3S.O2S/c1-17(15,16)11-8-7-10(13-11)12(14)9-5-3-2-4-6-9;1-3-2/h2-8,13H,1H3;. The van der Waals surface area contributed by atoms with Gasteiger partial charge in [0.1, 0.15) is 5.03 Å². The van der Waals surface area contributed by atoms with Crippen molar-refractivity contribution < 1.29 is 21.6 Å². The highest BCUT2D eigenvalue weighted by atomic mass is 32.2. The van der Waals surface area contributed by atoms with E-state index in [1.165, 1.54) is 12.1 Å². The summed E-state index contributed by atoms with van der Waals surface area (Å²) >= 11 is -0.750. The van der Waals surface area contributed by atoms with E-state index in [0.29, 0.717) is 5.56 Å². The number of carbonyl (C=O) groups is 1. The number of ketones is 1. The molecule has 0 atom stereocenters. The van der Waals surface area contributed by atoms with E-state index in [2.05, 4.69) is 4.98 Å². The number of aromatic amines is 1. The predicted molar refractivity (Wildman–Crippen MR) is 72.7 cm³/mol. The van der Waals surface area contributed by atoms with E-state index in [1.54, 1.807) is 24.3 Å². The van der Waals surface area contributed by atoms with Crippen LogP contribution in [0.5, 0.6) is 0 Å². The van der Waals surface area contributed by atoms with Crippen LogP contribution in [-0.4, -0.2) is 33.9 Å². The number of hydrogen-bond acceptors (Lipinski definition) is 5. The molecule has 1 aromatic carbocycles. The molecule has 0 amide bonds. The third kappa shape index (κ3) is 4.25. The summed E-state index contributed by atoms with van der Waals surface area (Å²) in [5.41, 5.74) is 0.797. The van der Waals surface area contributed by atoms with Gasteiger partial charge in [-0.2, -0.15) is 8.42 Å². The molecule has 6 nitrogen and oxygen atoms in total. The highest BCUT2D eigenvalue weighted by molar-refractivity contribution is 7.90. The smallest absolute Gasteiger partial charge is 0.335 e. The van der Waals surface area contributed by atoms with Crippen LogP contribution < -0.4 is 0 Å². The van der Waals surface area contributed by atoms with Gasteiger partial charge in [-0.3, -0.25) is 4.79 Å². The zero-order valence-electron chi connectivity index (χ0n) is 10.4. The maximum absolute atomic E-state index is 12.0. The second kappa shape index (κ2) is 6.92. The van der Waals surface area contributed by atoms with Gasteiger partial charge in [0.05, 0.1) is 5.69 Å². The van der Waals surface area contributed by atoms with E-state index in [4.69, 9.17) is 8.42 Å². The van der Waals surface area contributed by atoms with Gasteiger partial charge in [-0.1, -0.05) is 30.3 Å². The number of hydrogen-bond donors (Lipinski definition) is 1. The second-order valence-corrected chi connectivity index (χ2v) is 5.89. The van der Waals surface area contributed by atoms with Crippen LogP contribution in [0.3, 0.4) is 0 Å². The van der Waals surface area contributed by atoms with Gasteiger partial charge in [0.15, 0.2) is 9.84 Å². The molecule has 0 aliphatic heterocycles. The largest absolute Gasteiger partial charge is 0.343 e. The Kier molecular flexibility index (Phi) is 5.53. The van der Waals surface area contributed by atoms with Crippen LogP contribution in [-0.2, 0) is 21.4 Å². The van der Waals surface area contributed by atoms with Gasteiger partial charge < -0.3 is 4.98 Å². The molecular weight excluding hydrogens is 302 g/mol. The summed E-state index contributed by atoms with van der Waals surface area (Å²) in [4.78, 5) is 14.6. The highest BCUT2D eigenvalue weighted by Gasteiger charge is 2.14. The highest BCUT2D eigenvalue weighted by Crippen LogP contribution is 2.12. The van der Waals surface area contributed by atoms with Gasteiger partial charge in [-0.15, -0.1) is 0 Å². The number of carbonyl (C=O) groups excluding carboxylic acids is 1. The number of nitrogens with one attached hydrogen (secondary N) is 1. The zero-order valence-corrected chi connectivity index (χ0v) is 12.0. The zero-order chi connectivity index (χ0) is 15.2. The molecule has 8 heteroatoms. The summed E-state index contributed by atoms with van der Waals surface area (Å²) in [5.74, 6) is -0.222. The molecule has 0 aliphatic carbocycles. The molecule has 0 unspecified atom stereocenters. The molecule has 2 rings (SSSR count). The molecule has 0 aliphatic rings. The molecule has 1 N–H and O–H groups in total. The minimum absolute atomic E-state index is 0.0526. The number of sulfone groups is 1. The molecule has 0 spiro atoms. The monoisotopic (exact) mass is 313 g/mol. The van der Waals surface area contributed by atoms with E-state index in [1.807, 2.05) is 6.07 Å². The molecule has 106 valence electrons. The lowest BCUT2D eigenvalue weighted by atomic mass is 10.1. The normalized spacial score (nSPS) is 10.2. The van der Waals surface area contributed by atoms with Crippen molar-refractivity contribution in [2.75, 3.05) is 6.26 Å². The first-order valence-electron chi connectivity index (χ1n) is 5.30. The molecule has 0 radical (unpaired) electrons. The SMILES string of the molecule is CS(=O)(=O)c1ccc(C(=O)c2ccccc2)[nH]1.O=S=O. The summed E-state index contributed by atoms with van der Waals surface area (Å²) in [6.45, 7) is 0. The predicted octanol–water partition coefficient (Wildman–Crippen LogP) is 0.979. The Morgan fingerprint density at radius 2 is 1.60 bits per heavy atom. The number of H-pyrrole nitrogens is 1. The van der Waals surface area contributed by atoms with Crippen LogP contribution in [0.25, 0.3) is 0 Å². The molecule has 1 heterocycles. The van der Waals surface area contributed by atoms with Gasteiger partial charge in [0.2, 0.25) is 5.78 Å². The minimum Gasteiger partial charge on any atom is -0.343 e. The van der Waals surface area contributed by atoms with E-state index in [9.17, 15) is 13.2 Å². The maximum atomic E-state index is 12.0. The number of rotatable bonds is 3. The average Bonchev–Trinajstić information content (AvgIpc) is 2.89. The number of benzene rings is 1. The molecule has 1 aromatic heterocycles. The molecule has 20 heavy (non-hydrogen) atoms. The Morgan fingerprint density at radius 1 is 1.05 bits per heavy atom. The Morgan fingerprint density at radius 3 is 2.05 bits per heavy atom. The van der Waals surface area contributed by atoms with E-state index in [0.717, 1.165) is 6.26 Å². The van der Waals surface area contributed by atoms with Crippen molar-refractivity contribution in [3.05, 3.63) is 53.7 Å². The Hall–Kier alpha value is -2.06. The van der Waals surface area contributed by atoms with Crippen LogP contribution in [0.15, 0.2) is 47.5 Å². The van der Waals surface area contributed by atoms with E-state index < -0.39 is 21.4 Å². The summed E-state index contributed by atoms with van der Waals surface area (Å²) in [7, 11) is -3.31. The molecule has 0 fully saturated rings. The van der Waals surface area contributed by atoms with Gasteiger partial charge in [0.25, 0.3) is 0 Å². The van der Waals surface area contributed by atoms with Crippen molar-refractivity contribution in [3.8, 4) is 0 Å². The van der Waals surface area contributed by atoms with Crippen LogP contribution in [0.2, 0.25) is 0 Å². The first-order valence-corrected chi connectivity index (χ1v) is 7.86.